The van der Waals surface area contributed by atoms with Crippen LogP contribution in [-0.2, 0) is 11.3 Å². The molecule has 0 saturated carbocycles. The van der Waals surface area contributed by atoms with E-state index >= 15 is 0 Å². The summed E-state index contributed by atoms with van der Waals surface area (Å²) in [6, 6.07) is 16.4. The maximum atomic E-state index is 5.92. The number of methoxy groups -OCH3 is 1. The zero-order chi connectivity index (χ0) is 14.4. The smallest absolute Gasteiger partial charge is 0.127 e. The molecule has 106 valence electrons. The van der Waals surface area contributed by atoms with Gasteiger partial charge in [-0.15, -0.1) is 0 Å². The first-order valence-corrected chi connectivity index (χ1v) is 6.76. The molecule has 20 heavy (non-hydrogen) atoms. The van der Waals surface area contributed by atoms with Crippen LogP contribution in [0.4, 0.5) is 0 Å². The van der Waals surface area contributed by atoms with Gasteiger partial charge in [0.1, 0.15) is 11.5 Å². The molecule has 1 atom stereocenters. The van der Waals surface area contributed by atoms with E-state index < -0.39 is 0 Å². The van der Waals surface area contributed by atoms with E-state index in [1.165, 1.54) is 5.56 Å². The molecule has 0 aliphatic heterocycles. The molecule has 0 amide bonds. The number of ether oxygens (including phenoxy) is 2. The van der Waals surface area contributed by atoms with Gasteiger partial charge in [0.15, 0.2) is 0 Å². The summed E-state index contributed by atoms with van der Waals surface area (Å²) >= 11 is 0. The lowest BCUT2D eigenvalue weighted by Gasteiger charge is -2.13. The Morgan fingerprint density at radius 1 is 1.05 bits per heavy atom. The first-order valence-electron chi connectivity index (χ1n) is 6.76. The summed E-state index contributed by atoms with van der Waals surface area (Å²) in [4.78, 5) is 0. The van der Waals surface area contributed by atoms with Crippen molar-refractivity contribution in [2.75, 3.05) is 14.2 Å². The first-order chi connectivity index (χ1) is 9.72. The molecule has 0 aliphatic rings. The molecule has 0 spiro atoms. The largest absolute Gasteiger partial charge is 0.457 e. The first kappa shape index (κ1) is 14.6. The summed E-state index contributed by atoms with van der Waals surface area (Å²) in [6.07, 6.45) is 0. The molecule has 0 saturated heterocycles. The Balaban J connectivity index is 2.15. The highest BCUT2D eigenvalue weighted by Crippen LogP contribution is 2.25. The van der Waals surface area contributed by atoms with Crippen LogP contribution >= 0.6 is 0 Å². The van der Waals surface area contributed by atoms with E-state index in [9.17, 15) is 0 Å². The maximum Gasteiger partial charge on any atom is 0.127 e. The molecule has 2 aromatic rings. The van der Waals surface area contributed by atoms with Gasteiger partial charge in [-0.3, -0.25) is 0 Å². The number of benzene rings is 2. The fourth-order valence-corrected chi connectivity index (χ4v) is 2.02. The van der Waals surface area contributed by atoms with Gasteiger partial charge >= 0.3 is 0 Å². The van der Waals surface area contributed by atoms with E-state index in [1.807, 2.05) is 43.4 Å². The lowest BCUT2D eigenvalue weighted by atomic mass is 10.1. The summed E-state index contributed by atoms with van der Waals surface area (Å²) in [6.45, 7) is 2.71. The Labute approximate surface area is 120 Å². The highest BCUT2D eigenvalue weighted by molar-refractivity contribution is 5.36. The molecule has 2 aromatic carbocycles. The van der Waals surface area contributed by atoms with Crippen molar-refractivity contribution in [3.05, 3.63) is 59.7 Å². The molecule has 0 fully saturated rings. The van der Waals surface area contributed by atoms with Gasteiger partial charge in [-0.25, -0.2) is 0 Å². The molecule has 2 rings (SSSR count). The van der Waals surface area contributed by atoms with Gasteiger partial charge in [-0.2, -0.15) is 0 Å². The predicted molar refractivity (Wildman–Crippen MR) is 81.1 cm³/mol. The summed E-state index contributed by atoms with van der Waals surface area (Å²) in [5, 5.41) is 3.23. The van der Waals surface area contributed by atoms with Crippen molar-refractivity contribution in [1.29, 1.82) is 0 Å². The van der Waals surface area contributed by atoms with Gasteiger partial charge in [0.05, 0.1) is 6.61 Å². The summed E-state index contributed by atoms with van der Waals surface area (Å²) in [7, 11) is 3.64. The SMILES string of the molecule is CNC(C)c1cccc(Oc2cccc(COC)c2)c1. The van der Waals surface area contributed by atoms with Crippen LogP contribution in [0, 0.1) is 0 Å². The van der Waals surface area contributed by atoms with Crippen molar-refractivity contribution < 1.29 is 9.47 Å². The molecular formula is C17H21NO2. The van der Waals surface area contributed by atoms with Gasteiger partial charge in [-0.1, -0.05) is 24.3 Å². The standard InChI is InChI=1S/C17H21NO2/c1-13(18-2)15-7-5-9-17(11-15)20-16-8-4-6-14(10-16)12-19-3/h4-11,13,18H,12H2,1-3H3. The number of hydrogen-bond donors (Lipinski definition) is 1. The van der Waals surface area contributed by atoms with Crippen molar-refractivity contribution in [1.82, 2.24) is 5.32 Å². The van der Waals surface area contributed by atoms with Gasteiger partial charge in [0.25, 0.3) is 0 Å². The minimum Gasteiger partial charge on any atom is -0.457 e. The third kappa shape index (κ3) is 3.83. The molecule has 0 heterocycles. The van der Waals surface area contributed by atoms with Crippen LogP contribution in [0.3, 0.4) is 0 Å². The lowest BCUT2D eigenvalue weighted by Crippen LogP contribution is -2.11. The van der Waals surface area contributed by atoms with E-state index in [1.54, 1.807) is 7.11 Å². The van der Waals surface area contributed by atoms with Gasteiger partial charge in [-0.05, 0) is 49.4 Å². The van der Waals surface area contributed by atoms with Crippen LogP contribution in [0.2, 0.25) is 0 Å². The monoisotopic (exact) mass is 271 g/mol. The predicted octanol–water partition coefficient (Wildman–Crippen LogP) is 3.91. The Hall–Kier alpha value is -1.84. The van der Waals surface area contributed by atoms with E-state index in [0.29, 0.717) is 12.6 Å². The van der Waals surface area contributed by atoms with Crippen LogP contribution in [0.1, 0.15) is 24.1 Å². The molecule has 0 aliphatic carbocycles. The van der Waals surface area contributed by atoms with Crippen molar-refractivity contribution >= 4 is 0 Å². The minimum absolute atomic E-state index is 0.304. The van der Waals surface area contributed by atoms with Gasteiger partial charge in [0, 0.05) is 13.2 Å². The molecule has 0 radical (unpaired) electrons. The van der Waals surface area contributed by atoms with Crippen LogP contribution in [0.15, 0.2) is 48.5 Å². The topological polar surface area (TPSA) is 30.5 Å². The van der Waals surface area contributed by atoms with Crippen LogP contribution in [0.25, 0.3) is 0 Å². The van der Waals surface area contributed by atoms with Crippen LogP contribution in [-0.4, -0.2) is 14.2 Å². The van der Waals surface area contributed by atoms with Crippen molar-refractivity contribution in [2.24, 2.45) is 0 Å². The normalized spacial score (nSPS) is 12.2. The molecule has 3 nitrogen and oxygen atoms in total. The Bertz CT molecular complexity index is 554. The highest BCUT2D eigenvalue weighted by Gasteiger charge is 2.05. The second kappa shape index (κ2) is 7.08. The average molecular weight is 271 g/mol. The Morgan fingerprint density at radius 3 is 2.45 bits per heavy atom. The van der Waals surface area contributed by atoms with Crippen LogP contribution in [0.5, 0.6) is 11.5 Å². The third-order valence-electron chi connectivity index (χ3n) is 3.24. The molecule has 1 unspecified atom stereocenters. The zero-order valence-corrected chi connectivity index (χ0v) is 12.2. The molecule has 0 aromatic heterocycles. The van der Waals surface area contributed by atoms with Crippen molar-refractivity contribution in [2.45, 2.75) is 19.6 Å². The average Bonchev–Trinajstić information content (AvgIpc) is 2.47. The quantitative estimate of drug-likeness (QED) is 0.864. The lowest BCUT2D eigenvalue weighted by molar-refractivity contribution is 0.184. The van der Waals surface area contributed by atoms with Gasteiger partial charge in [0.2, 0.25) is 0 Å². The number of nitrogens with one attached hydrogen (secondary N) is 1. The second-order valence-corrected chi connectivity index (χ2v) is 4.77. The third-order valence-corrected chi connectivity index (χ3v) is 3.24. The molecular weight excluding hydrogens is 250 g/mol. The van der Waals surface area contributed by atoms with E-state index in [0.717, 1.165) is 17.1 Å². The van der Waals surface area contributed by atoms with E-state index in [-0.39, 0.29) is 0 Å². The van der Waals surface area contributed by atoms with Crippen LogP contribution < -0.4 is 10.1 Å². The number of rotatable bonds is 6. The molecule has 3 heteroatoms. The summed E-state index contributed by atoms with van der Waals surface area (Å²) < 4.78 is 11.1. The van der Waals surface area contributed by atoms with Crippen molar-refractivity contribution in [3.63, 3.8) is 0 Å². The molecule has 1 N–H and O–H groups in total. The maximum absolute atomic E-state index is 5.92. The zero-order valence-electron chi connectivity index (χ0n) is 12.2. The number of hydrogen-bond acceptors (Lipinski definition) is 3. The second-order valence-electron chi connectivity index (χ2n) is 4.77. The highest BCUT2D eigenvalue weighted by atomic mass is 16.5. The van der Waals surface area contributed by atoms with E-state index in [4.69, 9.17) is 9.47 Å². The fraction of sp³-hybridized carbons (Fsp3) is 0.294. The fourth-order valence-electron chi connectivity index (χ4n) is 2.02. The Morgan fingerprint density at radius 2 is 1.75 bits per heavy atom. The Kier molecular flexibility index (Phi) is 5.16. The molecule has 0 bridgehead atoms. The van der Waals surface area contributed by atoms with Crippen molar-refractivity contribution in [3.8, 4) is 11.5 Å². The minimum atomic E-state index is 0.304. The summed E-state index contributed by atoms with van der Waals surface area (Å²) in [5.41, 5.74) is 2.31. The summed E-state index contributed by atoms with van der Waals surface area (Å²) in [5.74, 6) is 1.67. The van der Waals surface area contributed by atoms with E-state index in [2.05, 4.69) is 24.4 Å². The van der Waals surface area contributed by atoms with Gasteiger partial charge < -0.3 is 14.8 Å².